The third kappa shape index (κ3) is 9.64. The second-order valence-electron chi connectivity index (χ2n) is 11.9. The van der Waals surface area contributed by atoms with Crippen LogP contribution in [0.1, 0.15) is 84.7 Å². The molecule has 2 aromatic rings. The van der Waals surface area contributed by atoms with Crippen molar-refractivity contribution >= 4 is 46.5 Å². The van der Waals surface area contributed by atoms with Crippen LogP contribution in [0.4, 0.5) is 11.4 Å². The number of anilines is 2. The number of likely N-dealkylation sites (N-methyl/N-ethyl adjacent to an activating group) is 1. The fourth-order valence-electron chi connectivity index (χ4n) is 5.14. The molecule has 0 radical (unpaired) electrons. The molecule has 0 fully saturated rings. The van der Waals surface area contributed by atoms with Gasteiger partial charge in [-0.3, -0.25) is 24.1 Å². The Bertz CT molecular complexity index is 1320. The molecule has 44 heavy (non-hydrogen) atoms. The summed E-state index contributed by atoms with van der Waals surface area (Å²) in [5, 5.41) is 9.23. The van der Waals surface area contributed by atoms with Gasteiger partial charge in [-0.25, -0.2) is 0 Å². The zero-order chi connectivity index (χ0) is 32.3. The first-order chi connectivity index (χ1) is 21.0. The minimum absolute atomic E-state index is 0.00644. The zero-order valence-electron chi connectivity index (χ0n) is 27.2. The van der Waals surface area contributed by atoms with Crippen LogP contribution in [0, 0.1) is 0 Å². The van der Waals surface area contributed by atoms with E-state index in [9.17, 15) is 19.2 Å². The Hall–Kier alpha value is -3.21. The molecule has 9 nitrogen and oxygen atoms in total. The molecule has 1 aliphatic carbocycles. The number of carbonyl (C=O) groups excluding carboxylic acids is 4. The van der Waals surface area contributed by atoms with E-state index in [0.29, 0.717) is 61.5 Å². The molecule has 0 atom stereocenters. The van der Waals surface area contributed by atoms with E-state index < -0.39 is 0 Å². The molecule has 0 aromatic heterocycles. The van der Waals surface area contributed by atoms with E-state index in [-0.39, 0.29) is 39.3 Å². The van der Waals surface area contributed by atoms with Gasteiger partial charge in [0.1, 0.15) is 0 Å². The lowest BCUT2D eigenvalue weighted by Crippen LogP contribution is -2.37. The van der Waals surface area contributed by atoms with Crippen LogP contribution in [0.15, 0.2) is 36.4 Å². The SMILES string of the molecule is CCC(C)(CC)SCCNC(=O)CN(C)CCCNc1ccc(NC(=O)CCCN(C)C)c2c1C(=O)c1ccccc1C2=O. The van der Waals surface area contributed by atoms with Crippen molar-refractivity contribution in [2.75, 3.05) is 70.3 Å². The quantitative estimate of drug-likeness (QED) is 0.172. The zero-order valence-corrected chi connectivity index (χ0v) is 28.0. The van der Waals surface area contributed by atoms with Crippen molar-refractivity contribution in [2.45, 2.75) is 57.6 Å². The highest BCUT2D eigenvalue weighted by Crippen LogP contribution is 2.36. The van der Waals surface area contributed by atoms with Crippen LogP contribution in [0.25, 0.3) is 0 Å². The lowest BCUT2D eigenvalue weighted by Gasteiger charge is -2.26. The lowest BCUT2D eigenvalue weighted by molar-refractivity contribution is -0.121. The molecule has 0 saturated carbocycles. The number of ketones is 2. The van der Waals surface area contributed by atoms with Gasteiger partial charge in [-0.2, -0.15) is 11.8 Å². The second-order valence-corrected chi connectivity index (χ2v) is 13.6. The third-order valence-electron chi connectivity index (χ3n) is 8.18. The normalized spacial score (nSPS) is 12.7. The Morgan fingerprint density at radius 2 is 1.43 bits per heavy atom. The maximum absolute atomic E-state index is 13.7. The summed E-state index contributed by atoms with van der Waals surface area (Å²) in [5.74, 6) is 0.186. The topological polar surface area (TPSA) is 111 Å². The maximum atomic E-state index is 13.7. The first-order valence-corrected chi connectivity index (χ1v) is 16.6. The summed E-state index contributed by atoms with van der Waals surface area (Å²) in [4.78, 5) is 56.4. The van der Waals surface area contributed by atoms with Crippen molar-refractivity contribution in [3.8, 4) is 0 Å². The summed E-state index contributed by atoms with van der Waals surface area (Å²) in [6.07, 6.45) is 3.94. The fraction of sp³-hybridized carbons (Fsp3) is 0.529. The smallest absolute Gasteiger partial charge is 0.234 e. The first kappa shape index (κ1) is 35.3. The van der Waals surface area contributed by atoms with Gasteiger partial charge in [0.2, 0.25) is 11.8 Å². The summed E-state index contributed by atoms with van der Waals surface area (Å²) >= 11 is 1.91. The molecule has 0 heterocycles. The molecule has 0 aliphatic heterocycles. The molecule has 2 aromatic carbocycles. The van der Waals surface area contributed by atoms with Gasteiger partial charge in [0.15, 0.2) is 11.6 Å². The fourth-order valence-corrected chi connectivity index (χ4v) is 6.24. The van der Waals surface area contributed by atoms with Crippen molar-refractivity contribution in [3.63, 3.8) is 0 Å². The number of nitrogens with one attached hydrogen (secondary N) is 3. The molecule has 1 aliphatic rings. The Balaban J connectivity index is 1.60. The number of hydrogen-bond acceptors (Lipinski definition) is 8. The van der Waals surface area contributed by atoms with Crippen LogP contribution in [0.2, 0.25) is 0 Å². The van der Waals surface area contributed by atoms with Crippen LogP contribution >= 0.6 is 11.8 Å². The van der Waals surface area contributed by atoms with E-state index in [1.807, 2.05) is 42.7 Å². The van der Waals surface area contributed by atoms with E-state index in [1.165, 1.54) is 0 Å². The Labute approximate surface area is 266 Å². The molecule has 240 valence electrons. The largest absolute Gasteiger partial charge is 0.384 e. The van der Waals surface area contributed by atoms with Gasteiger partial charge in [0.25, 0.3) is 0 Å². The highest BCUT2D eigenvalue weighted by atomic mass is 32.2. The van der Waals surface area contributed by atoms with Crippen LogP contribution in [0.3, 0.4) is 0 Å². The van der Waals surface area contributed by atoms with E-state index in [1.54, 1.807) is 36.4 Å². The highest BCUT2D eigenvalue weighted by molar-refractivity contribution is 8.00. The second kappa shape index (κ2) is 16.7. The molecule has 0 spiro atoms. The number of amides is 2. The van der Waals surface area contributed by atoms with Gasteiger partial charge in [-0.05, 0) is 65.5 Å². The lowest BCUT2D eigenvalue weighted by atomic mass is 9.82. The summed E-state index contributed by atoms with van der Waals surface area (Å²) in [7, 11) is 5.82. The van der Waals surface area contributed by atoms with Gasteiger partial charge >= 0.3 is 0 Å². The van der Waals surface area contributed by atoms with Gasteiger partial charge < -0.3 is 20.9 Å². The van der Waals surface area contributed by atoms with Crippen molar-refractivity contribution in [2.24, 2.45) is 0 Å². The van der Waals surface area contributed by atoms with Gasteiger partial charge in [0, 0.05) is 53.4 Å². The molecule has 3 N–H and O–H groups in total. The number of rotatable bonds is 18. The summed E-state index contributed by atoms with van der Waals surface area (Å²) < 4.78 is 0.259. The molecular formula is C34H49N5O4S. The highest BCUT2D eigenvalue weighted by Gasteiger charge is 2.34. The predicted octanol–water partition coefficient (Wildman–Crippen LogP) is 4.90. The molecular weight excluding hydrogens is 574 g/mol. The summed E-state index contributed by atoms with van der Waals surface area (Å²) in [6, 6.07) is 10.3. The Kier molecular flexibility index (Phi) is 13.4. The third-order valence-corrected chi connectivity index (χ3v) is 9.86. The Morgan fingerprint density at radius 3 is 2.05 bits per heavy atom. The Morgan fingerprint density at radius 1 is 0.818 bits per heavy atom. The van der Waals surface area contributed by atoms with Crippen molar-refractivity contribution in [1.29, 1.82) is 0 Å². The molecule has 0 saturated heterocycles. The molecule has 10 heteroatoms. The van der Waals surface area contributed by atoms with Crippen LogP contribution in [-0.4, -0.2) is 97.5 Å². The summed E-state index contributed by atoms with van der Waals surface area (Å²) in [5.41, 5.74) is 2.13. The van der Waals surface area contributed by atoms with Crippen LogP contribution in [0.5, 0.6) is 0 Å². The average Bonchev–Trinajstić information content (AvgIpc) is 3.00. The van der Waals surface area contributed by atoms with Gasteiger partial charge in [-0.1, -0.05) is 45.0 Å². The number of hydrogen-bond donors (Lipinski definition) is 3. The number of nitrogens with zero attached hydrogens (tertiary/aromatic N) is 2. The monoisotopic (exact) mass is 623 g/mol. The van der Waals surface area contributed by atoms with E-state index in [4.69, 9.17) is 0 Å². The van der Waals surface area contributed by atoms with Crippen LogP contribution < -0.4 is 16.0 Å². The van der Waals surface area contributed by atoms with Crippen molar-refractivity contribution in [1.82, 2.24) is 15.1 Å². The number of fused-ring (bicyclic) bond motifs is 2. The van der Waals surface area contributed by atoms with E-state index in [2.05, 4.69) is 36.7 Å². The maximum Gasteiger partial charge on any atom is 0.234 e. The number of benzene rings is 2. The molecule has 0 unspecified atom stereocenters. The molecule has 0 bridgehead atoms. The molecule has 3 rings (SSSR count). The van der Waals surface area contributed by atoms with Crippen molar-refractivity contribution in [3.05, 3.63) is 58.7 Å². The van der Waals surface area contributed by atoms with Gasteiger partial charge in [0.05, 0.1) is 23.4 Å². The number of thioether (sulfide) groups is 1. The van der Waals surface area contributed by atoms with Gasteiger partial charge in [-0.15, -0.1) is 0 Å². The molecule has 2 amide bonds. The average molecular weight is 624 g/mol. The summed E-state index contributed by atoms with van der Waals surface area (Å²) in [6.45, 7) is 9.63. The van der Waals surface area contributed by atoms with E-state index >= 15 is 0 Å². The first-order valence-electron chi connectivity index (χ1n) is 15.6. The number of carbonyl (C=O) groups is 4. The predicted molar refractivity (Wildman–Crippen MR) is 181 cm³/mol. The standard InChI is InChI=1S/C34H49N5O4S/c1-7-34(3,8-2)44-22-19-36-29(41)23-39(6)21-12-18-35-26-16-17-27(37-28(40)15-11-20-38(4)5)31-30(26)32(42)24-13-9-10-14-25(24)33(31)43/h9-10,13-14,16-17,35H,7-8,11-12,15,18-23H2,1-6H3,(H,36,41)(H,37,40). The van der Waals surface area contributed by atoms with Crippen molar-refractivity contribution < 1.29 is 19.2 Å². The minimum atomic E-state index is -0.277. The van der Waals surface area contributed by atoms with Crippen LogP contribution in [-0.2, 0) is 9.59 Å². The van der Waals surface area contributed by atoms with E-state index in [0.717, 1.165) is 31.6 Å². The minimum Gasteiger partial charge on any atom is -0.384 e.